The molecule has 0 spiro atoms. The average molecular weight is 519 g/mol. The van der Waals surface area contributed by atoms with E-state index in [9.17, 15) is 13.2 Å². The molecule has 3 heterocycles. The zero-order chi connectivity index (χ0) is 25.7. The van der Waals surface area contributed by atoms with Crippen molar-refractivity contribution in [3.05, 3.63) is 36.0 Å². The Hall–Kier alpha value is -2.63. The third-order valence-electron chi connectivity index (χ3n) is 6.84. The Labute approximate surface area is 214 Å². The molecule has 198 valence electrons. The van der Waals surface area contributed by atoms with Crippen LogP contribution in [0.3, 0.4) is 0 Å². The molecule has 2 saturated heterocycles. The Kier molecular flexibility index (Phi) is 8.53. The number of anilines is 1. The number of carbonyl (C=O) groups excluding carboxylic acids is 1. The van der Waals surface area contributed by atoms with Crippen LogP contribution in [0.5, 0.6) is 5.75 Å². The summed E-state index contributed by atoms with van der Waals surface area (Å²) in [7, 11) is -2.26. The van der Waals surface area contributed by atoms with E-state index in [2.05, 4.69) is 21.8 Å². The third kappa shape index (κ3) is 5.68. The highest BCUT2D eigenvalue weighted by Gasteiger charge is 2.36. The van der Waals surface area contributed by atoms with Crippen molar-refractivity contribution in [2.45, 2.75) is 31.7 Å². The lowest BCUT2D eigenvalue weighted by atomic mass is 10.2. The Morgan fingerprint density at radius 2 is 1.69 bits per heavy atom. The summed E-state index contributed by atoms with van der Waals surface area (Å²) in [5, 5.41) is 4.09. The van der Waals surface area contributed by atoms with Crippen LogP contribution in [0.25, 0.3) is 0 Å². The molecule has 36 heavy (non-hydrogen) atoms. The van der Waals surface area contributed by atoms with Crippen molar-refractivity contribution in [2.24, 2.45) is 7.05 Å². The zero-order valence-corrected chi connectivity index (χ0v) is 22.4. The van der Waals surface area contributed by atoms with Gasteiger partial charge in [-0.05, 0) is 32.0 Å². The molecular weight excluding hydrogens is 480 g/mol. The van der Waals surface area contributed by atoms with Gasteiger partial charge >= 0.3 is 0 Å². The quantitative estimate of drug-likeness (QED) is 0.501. The Morgan fingerprint density at radius 1 is 1.00 bits per heavy atom. The van der Waals surface area contributed by atoms with Gasteiger partial charge in [0.05, 0.1) is 17.9 Å². The van der Waals surface area contributed by atoms with Gasteiger partial charge in [-0.1, -0.05) is 25.5 Å². The smallest absolute Gasteiger partial charge is 0.263 e. The number of rotatable bonds is 9. The molecule has 2 aliphatic heterocycles. The number of aromatic nitrogens is 2. The molecule has 2 fully saturated rings. The standard InChI is InChI=1S/C25H38N6O4S/c1-4-6-11-28-12-14-30(15-13-28)25(32)21-20-27(3)26-24(21)36(33,34)31-18-16-29(17-19-31)22-9-7-8-10-23(22)35-5-2/h7-10,20H,4-6,11-19H2,1-3H3. The highest BCUT2D eigenvalue weighted by molar-refractivity contribution is 7.89. The normalized spacial score (nSPS) is 18.0. The maximum Gasteiger partial charge on any atom is 0.263 e. The second-order valence-electron chi connectivity index (χ2n) is 9.30. The maximum absolute atomic E-state index is 13.6. The van der Waals surface area contributed by atoms with Gasteiger partial charge in [0.15, 0.2) is 0 Å². The predicted octanol–water partition coefficient (Wildman–Crippen LogP) is 1.89. The van der Waals surface area contributed by atoms with Crippen molar-refractivity contribution < 1.29 is 17.9 Å². The van der Waals surface area contributed by atoms with Crippen molar-refractivity contribution in [3.63, 3.8) is 0 Å². The first-order valence-electron chi connectivity index (χ1n) is 12.9. The molecule has 1 aromatic carbocycles. The molecule has 0 saturated carbocycles. The Bertz CT molecular complexity index is 1140. The molecule has 1 amide bonds. The minimum absolute atomic E-state index is 0.147. The van der Waals surface area contributed by atoms with Gasteiger partial charge in [0.25, 0.3) is 15.9 Å². The molecule has 0 radical (unpaired) electrons. The molecule has 0 aliphatic carbocycles. The third-order valence-corrected chi connectivity index (χ3v) is 8.68. The second-order valence-corrected chi connectivity index (χ2v) is 11.2. The molecule has 0 unspecified atom stereocenters. The highest BCUT2D eigenvalue weighted by Crippen LogP contribution is 2.30. The minimum atomic E-state index is -3.92. The number of carbonyl (C=O) groups is 1. The van der Waals surface area contributed by atoms with E-state index in [4.69, 9.17) is 4.74 Å². The molecule has 11 heteroatoms. The molecule has 0 bridgehead atoms. The lowest BCUT2D eigenvalue weighted by molar-refractivity contribution is 0.0631. The van der Waals surface area contributed by atoms with Crippen LogP contribution in [-0.4, -0.2) is 104 Å². The number of piperazine rings is 2. The van der Waals surface area contributed by atoms with Crippen molar-refractivity contribution in [3.8, 4) is 5.75 Å². The number of benzene rings is 1. The number of nitrogens with zero attached hydrogens (tertiary/aromatic N) is 6. The summed E-state index contributed by atoms with van der Waals surface area (Å²) >= 11 is 0. The van der Waals surface area contributed by atoms with E-state index in [-0.39, 0.29) is 16.5 Å². The summed E-state index contributed by atoms with van der Waals surface area (Å²) in [6, 6.07) is 7.81. The van der Waals surface area contributed by atoms with Crippen molar-refractivity contribution >= 4 is 21.6 Å². The number of aryl methyl sites for hydroxylation is 1. The van der Waals surface area contributed by atoms with Crippen molar-refractivity contribution in [1.29, 1.82) is 0 Å². The van der Waals surface area contributed by atoms with Gasteiger partial charge in [-0.15, -0.1) is 0 Å². The average Bonchev–Trinajstić information content (AvgIpc) is 3.30. The first-order chi connectivity index (χ1) is 17.3. The number of ether oxygens (including phenoxy) is 1. The summed E-state index contributed by atoms with van der Waals surface area (Å²) in [6.45, 7) is 10.2. The number of unbranched alkanes of at least 4 members (excludes halogenated alkanes) is 1. The summed E-state index contributed by atoms with van der Waals surface area (Å²) in [5.41, 5.74) is 1.12. The molecule has 0 N–H and O–H groups in total. The molecular formula is C25H38N6O4S. The molecule has 0 atom stereocenters. The van der Waals surface area contributed by atoms with Crippen LogP contribution in [0.15, 0.2) is 35.5 Å². The SMILES string of the molecule is CCCCN1CCN(C(=O)c2cn(C)nc2S(=O)(=O)N2CCN(c3ccccc3OCC)CC2)CC1. The molecule has 4 rings (SSSR count). The fourth-order valence-electron chi connectivity index (χ4n) is 4.82. The number of hydrogen-bond acceptors (Lipinski definition) is 7. The molecule has 2 aliphatic rings. The lowest BCUT2D eigenvalue weighted by Crippen LogP contribution is -2.50. The zero-order valence-electron chi connectivity index (χ0n) is 21.6. The fraction of sp³-hybridized carbons (Fsp3) is 0.600. The van der Waals surface area contributed by atoms with Crippen LogP contribution >= 0.6 is 0 Å². The van der Waals surface area contributed by atoms with Crippen LogP contribution in [0, 0.1) is 0 Å². The van der Waals surface area contributed by atoms with E-state index in [1.165, 1.54) is 15.2 Å². The van der Waals surface area contributed by atoms with E-state index < -0.39 is 10.0 Å². The van der Waals surface area contributed by atoms with Gasteiger partial charge in [0, 0.05) is 65.6 Å². The minimum Gasteiger partial charge on any atom is -0.492 e. The van der Waals surface area contributed by atoms with Gasteiger partial charge in [-0.25, -0.2) is 8.42 Å². The van der Waals surface area contributed by atoms with E-state index in [1.807, 2.05) is 31.2 Å². The maximum atomic E-state index is 13.6. The summed E-state index contributed by atoms with van der Waals surface area (Å²) in [5.74, 6) is 0.532. The van der Waals surface area contributed by atoms with E-state index in [1.54, 1.807) is 11.9 Å². The Morgan fingerprint density at radius 3 is 2.36 bits per heavy atom. The van der Waals surface area contributed by atoms with Gasteiger partial charge < -0.3 is 14.5 Å². The fourth-order valence-corrected chi connectivity index (χ4v) is 6.36. The first-order valence-corrected chi connectivity index (χ1v) is 14.3. The largest absolute Gasteiger partial charge is 0.492 e. The van der Waals surface area contributed by atoms with Crippen LogP contribution in [0.2, 0.25) is 0 Å². The first kappa shape index (κ1) is 26.4. The second kappa shape index (κ2) is 11.6. The number of amides is 1. The monoisotopic (exact) mass is 518 g/mol. The number of hydrogen-bond donors (Lipinski definition) is 0. The predicted molar refractivity (Wildman–Crippen MR) is 139 cm³/mol. The molecule has 10 nitrogen and oxygen atoms in total. The van der Waals surface area contributed by atoms with E-state index in [0.717, 1.165) is 43.9 Å². The van der Waals surface area contributed by atoms with Crippen molar-refractivity contribution in [2.75, 3.05) is 70.4 Å². The Balaban J connectivity index is 1.45. The van der Waals surface area contributed by atoms with Crippen molar-refractivity contribution in [1.82, 2.24) is 23.9 Å². The lowest BCUT2D eigenvalue weighted by Gasteiger charge is -2.36. The molecule has 1 aromatic heterocycles. The number of sulfonamides is 1. The summed E-state index contributed by atoms with van der Waals surface area (Å²) in [6.07, 6.45) is 3.82. The molecule has 2 aromatic rings. The topological polar surface area (TPSA) is 91.2 Å². The summed E-state index contributed by atoms with van der Waals surface area (Å²) in [4.78, 5) is 19.6. The van der Waals surface area contributed by atoms with Gasteiger partial charge in [0.2, 0.25) is 5.03 Å². The van der Waals surface area contributed by atoms with Crippen LogP contribution in [0.4, 0.5) is 5.69 Å². The van der Waals surface area contributed by atoms with E-state index >= 15 is 0 Å². The van der Waals surface area contributed by atoms with Crippen LogP contribution in [0.1, 0.15) is 37.0 Å². The van der Waals surface area contributed by atoms with Gasteiger partial charge in [-0.2, -0.15) is 9.40 Å². The summed E-state index contributed by atoms with van der Waals surface area (Å²) < 4.78 is 35.9. The van der Waals surface area contributed by atoms with E-state index in [0.29, 0.717) is 45.9 Å². The van der Waals surface area contributed by atoms with Crippen LogP contribution < -0.4 is 9.64 Å². The highest BCUT2D eigenvalue weighted by atomic mass is 32.2. The van der Waals surface area contributed by atoms with Gasteiger partial charge in [0.1, 0.15) is 5.75 Å². The number of para-hydroxylation sites is 2. The van der Waals surface area contributed by atoms with Crippen LogP contribution in [-0.2, 0) is 17.1 Å². The van der Waals surface area contributed by atoms with Gasteiger partial charge in [-0.3, -0.25) is 14.4 Å².